The van der Waals surface area contributed by atoms with Crippen molar-refractivity contribution in [3.8, 4) is 0 Å². The van der Waals surface area contributed by atoms with Crippen molar-refractivity contribution in [1.29, 1.82) is 0 Å². The number of hydrogen-bond donors (Lipinski definition) is 0. The zero-order chi connectivity index (χ0) is 15.0. The molecule has 116 valence electrons. The van der Waals surface area contributed by atoms with E-state index in [0.29, 0.717) is 5.15 Å². The predicted octanol–water partition coefficient (Wildman–Crippen LogP) is 2.26. The van der Waals surface area contributed by atoms with E-state index in [1.807, 2.05) is 27.8 Å². The number of hydrogen-bond acceptors (Lipinski definition) is 4. The predicted molar refractivity (Wildman–Crippen MR) is 81.2 cm³/mol. The van der Waals surface area contributed by atoms with E-state index in [1.165, 1.54) is 0 Å². The molecule has 0 aliphatic carbocycles. The Kier molecular flexibility index (Phi) is 8.14. The van der Waals surface area contributed by atoms with Crippen molar-refractivity contribution in [2.45, 2.75) is 27.3 Å². The van der Waals surface area contributed by atoms with Gasteiger partial charge in [-0.2, -0.15) is 5.10 Å². The highest BCUT2D eigenvalue weighted by atomic mass is 35.5. The lowest BCUT2D eigenvalue weighted by molar-refractivity contribution is 0.0797. The van der Waals surface area contributed by atoms with Gasteiger partial charge < -0.3 is 9.47 Å². The van der Waals surface area contributed by atoms with Crippen LogP contribution in [0.25, 0.3) is 0 Å². The highest BCUT2D eigenvalue weighted by Gasteiger charge is 2.15. The molecule has 1 rings (SSSR count). The maximum atomic E-state index is 6.29. The Morgan fingerprint density at radius 1 is 1.15 bits per heavy atom. The first-order valence-electron chi connectivity index (χ1n) is 7.15. The summed E-state index contributed by atoms with van der Waals surface area (Å²) in [5, 5.41) is 5.06. The third-order valence-electron chi connectivity index (χ3n) is 3.16. The van der Waals surface area contributed by atoms with Gasteiger partial charge in [0.05, 0.1) is 18.9 Å². The lowest BCUT2D eigenvalue weighted by Gasteiger charge is -2.22. The van der Waals surface area contributed by atoms with Gasteiger partial charge in [-0.15, -0.1) is 0 Å². The summed E-state index contributed by atoms with van der Waals surface area (Å²) in [5.74, 6) is 0. The molecule has 0 N–H and O–H groups in total. The van der Waals surface area contributed by atoms with E-state index in [0.717, 1.165) is 57.3 Å². The van der Waals surface area contributed by atoms with Crippen molar-refractivity contribution in [1.82, 2.24) is 14.7 Å². The van der Waals surface area contributed by atoms with Crippen molar-refractivity contribution in [2.24, 2.45) is 7.05 Å². The van der Waals surface area contributed by atoms with Gasteiger partial charge in [0.15, 0.2) is 0 Å². The minimum atomic E-state index is 0.709. The second-order valence-electron chi connectivity index (χ2n) is 4.65. The molecule has 6 heteroatoms. The van der Waals surface area contributed by atoms with Crippen LogP contribution in [0.15, 0.2) is 0 Å². The summed E-state index contributed by atoms with van der Waals surface area (Å²) in [6.45, 7) is 11.4. The molecule has 0 amide bonds. The van der Waals surface area contributed by atoms with Crippen molar-refractivity contribution in [3.05, 3.63) is 16.4 Å². The SMILES string of the molecule is CCOCCN(CCOCC)Cc1c(C)nn(C)c1Cl. The molecule has 20 heavy (non-hydrogen) atoms. The number of nitrogens with zero attached hydrogens (tertiary/aromatic N) is 3. The Labute approximate surface area is 126 Å². The molecular weight excluding hydrogens is 278 g/mol. The van der Waals surface area contributed by atoms with Crippen LogP contribution in [0.3, 0.4) is 0 Å². The molecule has 0 aliphatic heterocycles. The Bertz CT molecular complexity index is 386. The van der Waals surface area contributed by atoms with Crippen molar-refractivity contribution >= 4 is 11.6 Å². The topological polar surface area (TPSA) is 39.5 Å². The van der Waals surface area contributed by atoms with Crippen molar-refractivity contribution in [2.75, 3.05) is 39.5 Å². The second kappa shape index (κ2) is 9.34. The maximum absolute atomic E-state index is 6.29. The standard InChI is InChI=1S/C14H26ClN3O2/c1-5-19-9-7-18(8-10-20-6-2)11-13-12(3)16-17(4)14(13)15/h5-11H2,1-4H3. The normalized spacial score (nSPS) is 11.5. The molecule has 0 radical (unpaired) electrons. The van der Waals surface area contributed by atoms with Crippen molar-refractivity contribution in [3.63, 3.8) is 0 Å². The van der Waals surface area contributed by atoms with Gasteiger partial charge in [0, 0.05) is 45.5 Å². The number of aromatic nitrogens is 2. The fourth-order valence-electron chi connectivity index (χ4n) is 2.02. The first kappa shape index (κ1) is 17.4. The molecule has 1 aromatic rings. The van der Waals surface area contributed by atoms with E-state index in [2.05, 4.69) is 10.00 Å². The number of ether oxygens (including phenoxy) is 2. The summed E-state index contributed by atoms with van der Waals surface area (Å²) in [4.78, 5) is 2.29. The zero-order valence-electron chi connectivity index (χ0n) is 13.0. The molecule has 0 saturated heterocycles. The minimum absolute atomic E-state index is 0.709. The highest BCUT2D eigenvalue weighted by molar-refractivity contribution is 6.30. The van der Waals surface area contributed by atoms with Crippen LogP contribution in [0, 0.1) is 6.92 Å². The molecule has 0 aromatic carbocycles. The van der Waals surface area contributed by atoms with E-state index in [-0.39, 0.29) is 0 Å². The molecule has 0 bridgehead atoms. The van der Waals surface area contributed by atoms with E-state index in [9.17, 15) is 0 Å². The van der Waals surface area contributed by atoms with E-state index >= 15 is 0 Å². The number of aryl methyl sites for hydroxylation is 2. The van der Waals surface area contributed by atoms with Crippen LogP contribution in [0.2, 0.25) is 5.15 Å². The van der Waals surface area contributed by atoms with E-state index < -0.39 is 0 Å². The van der Waals surface area contributed by atoms with Crippen LogP contribution in [0.5, 0.6) is 0 Å². The molecule has 0 spiro atoms. The van der Waals surface area contributed by atoms with E-state index in [4.69, 9.17) is 21.1 Å². The monoisotopic (exact) mass is 303 g/mol. The molecule has 5 nitrogen and oxygen atoms in total. The maximum Gasteiger partial charge on any atom is 0.131 e. The second-order valence-corrected chi connectivity index (χ2v) is 5.01. The fourth-order valence-corrected chi connectivity index (χ4v) is 2.26. The summed E-state index contributed by atoms with van der Waals surface area (Å²) in [7, 11) is 1.86. The lowest BCUT2D eigenvalue weighted by Crippen LogP contribution is -2.31. The average Bonchev–Trinajstić information content (AvgIpc) is 2.65. The fraction of sp³-hybridized carbons (Fsp3) is 0.786. The molecule has 1 heterocycles. The van der Waals surface area contributed by atoms with Crippen LogP contribution in [-0.2, 0) is 23.1 Å². The zero-order valence-corrected chi connectivity index (χ0v) is 13.7. The minimum Gasteiger partial charge on any atom is -0.380 e. The Hall–Kier alpha value is -0.620. The Morgan fingerprint density at radius 2 is 1.70 bits per heavy atom. The first-order chi connectivity index (χ1) is 9.60. The number of rotatable bonds is 10. The largest absolute Gasteiger partial charge is 0.380 e. The third kappa shape index (κ3) is 5.40. The molecule has 0 saturated carbocycles. The van der Waals surface area contributed by atoms with Gasteiger partial charge >= 0.3 is 0 Å². The average molecular weight is 304 g/mol. The third-order valence-corrected chi connectivity index (χ3v) is 3.64. The van der Waals surface area contributed by atoms with Gasteiger partial charge in [-0.3, -0.25) is 9.58 Å². The van der Waals surface area contributed by atoms with Gasteiger partial charge in [-0.25, -0.2) is 0 Å². The lowest BCUT2D eigenvalue weighted by atomic mass is 10.2. The summed E-state index contributed by atoms with van der Waals surface area (Å²) in [6, 6.07) is 0. The van der Waals surface area contributed by atoms with Crippen LogP contribution < -0.4 is 0 Å². The highest BCUT2D eigenvalue weighted by Crippen LogP contribution is 2.20. The van der Waals surface area contributed by atoms with Crippen LogP contribution in [-0.4, -0.2) is 54.2 Å². The molecule has 1 aromatic heterocycles. The van der Waals surface area contributed by atoms with Gasteiger partial charge in [-0.1, -0.05) is 11.6 Å². The molecule has 0 unspecified atom stereocenters. The smallest absolute Gasteiger partial charge is 0.131 e. The Morgan fingerprint density at radius 3 is 2.10 bits per heavy atom. The molecule has 0 fully saturated rings. The summed E-state index contributed by atoms with van der Waals surface area (Å²) >= 11 is 6.29. The summed E-state index contributed by atoms with van der Waals surface area (Å²) in [5.41, 5.74) is 2.07. The molecular formula is C14H26ClN3O2. The molecule has 0 atom stereocenters. The van der Waals surface area contributed by atoms with Gasteiger partial charge in [0.1, 0.15) is 5.15 Å². The first-order valence-corrected chi connectivity index (χ1v) is 7.53. The van der Waals surface area contributed by atoms with Crippen LogP contribution in [0.1, 0.15) is 25.1 Å². The van der Waals surface area contributed by atoms with Crippen LogP contribution >= 0.6 is 11.6 Å². The Balaban J connectivity index is 2.61. The van der Waals surface area contributed by atoms with Crippen LogP contribution in [0.4, 0.5) is 0 Å². The molecule has 0 aliphatic rings. The van der Waals surface area contributed by atoms with Crippen molar-refractivity contribution < 1.29 is 9.47 Å². The number of halogens is 1. The van der Waals surface area contributed by atoms with Gasteiger partial charge in [0.25, 0.3) is 0 Å². The van der Waals surface area contributed by atoms with Gasteiger partial charge in [-0.05, 0) is 20.8 Å². The van der Waals surface area contributed by atoms with Gasteiger partial charge in [0.2, 0.25) is 0 Å². The summed E-state index contributed by atoms with van der Waals surface area (Å²) < 4.78 is 12.6. The van der Waals surface area contributed by atoms with E-state index in [1.54, 1.807) is 4.68 Å². The summed E-state index contributed by atoms with van der Waals surface area (Å²) in [6.07, 6.45) is 0. The quantitative estimate of drug-likeness (QED) is 0.622.